The molecule has 0 spiro atoms. The van der Waals surface area contributed by atoms with Crippen molar-refractivity contribution in [1.82, 2.24) is 0 Å². The minimum Gasteiger partial charge on any atom is -0.284 e. The molecular formula is C20H16BrN. The van der Waals surface area contributed by atoms with E-state index in [1.165, 1.54) is 33.0 Å². The summed E-state index contributed by atoms with van der Waals surface area (Å²) in [6, 6.07) is 19.5. The predicted octanol–water partition coefficient (Wildman–Crippen LogP) is 5.30. The smallest absolute Gasteiger partial charge is 0.0730 e. The maximum absolute atomic E-state index is 4.88. The van der Waals surface area contributed by atoms with Crippen LogP contribution >= 0.6 is 15.9 Å². The van der Waals surface area contributed by atoms with Crippen molar-refractivity contribution < 1.29 is 0 Å². The van der Waals surface area contributed by atoms with Gasteiger partial charge in [-0.2, -0.15) is 0 Å². The molecule has 0 aliphatic carbocycles. The summed E-state index contributed by atoms with van der Waals surface area (Å²) < 4.78 is 1.11. The van der Waals surface area contributed by atoms with Crippen molar-refractivity contribution in [3.05, 3.63) is 81.3 Å². The van der Waals surface area contributed by atoms with E-state index in [1.807, 2.05) is 0 Å². The van der Waals surface area contributed by atoms with E-state index >= 15 is 0 Å². The average molecular weight is 350 g/mol. The molecule has 0 saturated heterocycles. The van der Waals surface area contributed by atoms with Crippen molar-refractivity contribution in [3.63, 3.8) is 0 Å². The second-order valence-corrected chi connectivity index (χ2v) is 6.68. The van der Waals surface area contributed by atoms with E-state index in [9.17, 15) is 0 Å². The first-order chi connectivity index (χ1) is 10.7. The number of fused-ring (bicyclic) bond motifs is 2. The van der Waals surface area contributed by atoms with Crippen LogP contribution in [-0.2, 0) is 6.42 Å². The summed E-state index contributed by atoms with van der Waals surface area (Å²) in [7, 11) is 0. The molecule has 0 unspecified atom stereocenters. The van der Waals surface area contributed by atoms with Crippen LogP contribution in [0.1, 0.15) is 22.3 Å². The van der Waals surface area contributed by atoms with Gasteiger partial charge < -0.3 is 0 Å². The Bertz CT molecular complexity index is 903. The van der Waals surface area contributed by atoms with Crippen molar-refractivity contribution in [3.8, 4) is 0 Å². The Labute approximate surface area is 138 Å². The van der Waals surface area contributed by atoms with Crippen molar-refractivity contribution in [2.24, 2.45) is 4.99 Å². The quantitative estimate of drug-likeness (QED) is 0.564. The Hall–Kier alpha value is -1.93. The average Bonchev–Trinajstić information content (AvgIpc) is 2.54. The Morgan fingerprint density at radius 2 is 1.82 bits per heavy atom. The monoisotopic (exact) mass is 349 g/mol. The molecule has 0 bridgehead atoms. The van der Waals surface area contributed by atoms with Crippen LogP contribution in [0.25, 0.3) is 10.8 Å². The minimum absolute atomic E-state index is 0.871. The van der Waals surface area contributed by atoms with E-state index in [-0.39, 0.29) is 0 Å². The molecule has 1 heterocycles. The van der Waals surface area contributed by atoms with Gasteiger partial charge in [0.05, 0.1) is 5.71 Å². The zero-order chi connectivity index (χ0) is 15.1. The van der Waals surface area contributed by atoms with Crippen molar-refractivity contribution in [2.45, 2.75) is 13.3 Å². The van der Waals surface area contributed by atoms with Gasteiger partial charge in [-0.15, -0.1) is 0 Å². The maximum atomic E-state index is 4.88. The van der Waals surface area contributed by atoms with Gasteiger partial charge in [-0.25, -0.2) is 0 Å². The zero-order valence-electron chi connectivity index (χ0n) is 12.4. The number of aryl methyl sites for hydroxylation is 1. The lowest BCUT2D eigenvalue weighted by atomic mass is 9.88. The van der Waals surface area contributed by atoms with Gasteiger partial charge in [0.25, 0.3) is 0 Å². The van der Waals surface area contributed by atoms with Crippen molar-refractivity contribution >= 4 is 32.4 Å². The van der Waals surface area contributed by atoms with Crippen LogP contribution in [0.5, 0.6) is 0 Å². The van der Waals surface area contributed by atoms with Crippen LogP contribution in [0.4, 0.5) is 0 Å². The summed E-state index contributed by atoms with van der Waals surface area (Å²) in [4.78, 5) is 4.88. The van der Waals surface area contributed by atoms with Gasteiger partial charge in [0.15, 0.2) is 0 Å². The highest BCUT2D eigenvalue weighted by molar-refractivity contribution is 9.10. The molecule has 0 amide bonds. The number of hydrogen-bond donors (Lipinski definition) is 0. The maximum Gasteiger partial charge on any atom is 0.0730 e. The summed E-state index contributed by atoms with van der Waals surface area (Å²) in [6.45, 7) is 3.05. The highest BCUT2D eigenvalue weighted by Crippen LogP contribution is 2.30. The summed E-state index contributed by atoms with van der Waals surface area (Å²) in [5.74, 6) is 0. The fourth-order valence-corrected chi connectivity index (χ4v) is 3.63. The Kier molecular flexibility index (Phi) is 3.34. The van der Waals surface area contributed by atoms with Gasteiger partial charge in [0.2, 0.25) is 0 Å². The normalized spacial score (nSPS) is 13.8. The molecule has 0 atom stereocenters. The molecule has 1 aliphatic rings. The van der Waals surface area contributed by atoms with Gasteiger partial charge in [-0.3, -0.25) is 4.99 Å². The van der Waals surface area contributed by atoms with Crippen molar-refractivity contribution in [1.29, 1.82) is 0 Å². The molecule has 1 nitrogen and oxygen atoms in total. The molecule has 0 fully saturated rings. The second-order valence-electron chi connectivity index (χ2n) is 5.76. The first-order valence-corrected chi connectivity index (χ1v) is 8.35. The van der Waals surface area contributed by atoms with E-state index < -0.39 is 0 Å². The number of halogens is 1. The lowest BCUT2D eigenvalue weighted by molar-refractivity contribution is 0.944. The Morgan fingerprint density at radius 3 is 2.73 bits per heavy atom. The van der Waals surface area contributed by atoms with Crippen LogP contribution in [0.15, 0.2) is 64.1 Å². The van der Waals surface area contributed by atoms with Gasteiger partial charge in [-0.1, -0.05) is 58.4 Å². The third-order valence-corrected chi connectivity index (χ3v) is 4.85. The SMILES string of the molecule is Cc1ccc2ccc(Br)cc2c1C1=NCCc2ccccc21. The van der Waals surface area contributed by atoms with E-state index in [4.69, 9.17) is 4.99 Å². The number of aliphatic imine (C=N–C) groups is 1. The minimum atomic E-state index is 0.871. The molecular weight excluding hydrogens is 334 g/mol. The Balaban J connectivity index is 2.04. The van der Waals surface area contributed by atoms with Gasteiger partial charge in [-0.05, 0) is 47.4 Å². The predicted molar refractivity (Wildman–Crippen MR) is 97.0 cm³/mol. The van der Waals surface area contributed by atoms with Gasteiger partial charge in [0.1, 0.15) is 0 Å². The highest BCUT2D eigenvalue weighted by Gasteiger charge is 2.19. The van der Waals surface area contributed by atoms with Crippen LogP contribution < -0.4 is 0 Å². The van der Waals surface area contributed by atoms with Crippen LogP contribution in [-0.4, -0.2) is 12.3 Å². The van der Waals surface area contributed by atoms with Crippen molar-refractivity contribution in [2.75, 3.05) is 6.54 Å². The third-order valence-electron chi connectivity index (χ3n) is 4.35. The first-order valence-electron chi connectivity index (χ1n) is 7.56. The fourth-order valence-electron chi connectivity index (χ4n) is 3.27. The highest BCUT2D eigenvalue weighted by atomic mass is 79.9. The fraction of sp³-hybridized carbons (Fsp3) is 0.150. The van der Waals surface area contributed by atoms with Crippen LogP contribution in [0.3, 0.4) is 0 Å². The molecule has 4 rings (SSSR count). The van der Waals surface area contributed by atoms with Crippen LogP contribution in [0, 0.1) is 6.92 Å². The van der Waals surface area contributed by atoms with E-state index in [2.05, 4.69) is 77.5 Å². The second kappa shape index (κ2) is 5.36. The molecule has 2 heteroatoms. The number of benzene rings is 3. The van der Waals surface area contributed by atoms with E-state index in [0.717, 1.165) is 23.1 Å². The molecule has 0 radical (unpaired) electrons. The first kappa shape index (κ1) is 13.7. The summed E-state index contributed by atoms with van der Waals surface area (Å²) in [6.07, 6.45) is 1.03. The Morgan fingerprint density at radius 1 is 1.00 bits per heavy atom. The van der Waals surface area contributed by atoms with E-state index in [1.54, 1.807) is 0 Å². The largest absolute Gasteiger partial charge is 0.284 e. The summed E-state index contributed by atoms with van der Waals surface area (Å²) in [5.41, 5.74) is 6.37. The molecule has 0 saturated carbocycles. The molecule has 108 valence electrons. The molecule has 22 heavy (non-hydrogen) atoms. The van der Waals surface area contributed by atoms with Crippen LogP contribution in [0.2, 0.25) is 0 Å². The van der Waals surface area contributed by atoms with Gasteiger partial charge in [0, 0.05) is 22.1 Å². The topological polar surface area (TPSA) is 12.4 Å². The summed E-state index contributed by atoms with van der Waals surface area (Å²) >= 11 is 3.61. The molecule has 0 aromatic heterocycles. The number of rotatable bonds is 1. The number of hydrogen-bond acceptors (Lipinski definition) is 1. The molecule has 1 aliphatic heterocycles. The lowest BCUT2D eigenvalue weighted by Gasteiger charge is -2.20. The zero-order valence-corrected chi connectivity index (χ0v) is 14.0. The summed E-state index contributed by atoms with van der Waals surface area (Å²) in [5, 5.41) is 2.53. The van der Waals surface area contributed by atoms with Gasteiger partial charge >= 0.3 is 0 Å². The molecule has 3 aromatic rings. The third kappa shape index (κ3) is 2.19. The van der Waals surface area contributed by atoms with E-state index in [0.29, 0.717) is 0 Å². The molecule has 3 aromatic carbocycles. The number of nitrogens with zero attached hydrogens (tertiary/aromatic N) is 1. The lowest BCUT2D eigenvalue weighted by Crippen LogP contribution is -2.15. The molecule has 0 N–H and O–H groups in total. The standard InChI is InChI=1S/C20H16BrN/c1-13-6-7-15-8-9-16(21)12-18(15)19(13)20-17-5-3-2-4-14(17)10-11-22-20/h2-9,12H,10-11H2,1H3.